The van der Waals surface area contributed by atoms with Crippen molar-refractivity contribution in [1.29, 1.82) is 0 Å². The standard InChI is InChI=1S/C28H36ClN3O2/c1-21(33)31-26-7-4-6-23(20-26)22-12-18-32(19-13-22)17-5-16-30-27(34)28(14-2-3-15-28)24-8-10-25(29)11-9-24/h4,6-11,20,22H,2-3,5,12-19H2,1H3,(H,30,34)(H,31,33). The van der Waals surface area contributed by atoms with Gasteiger partial charge in [0.05, 0.1) is 5.41 Å². The van der Waals surface area contributed by atoms with E-state index in [9.17, 15) is 9.59 Å². The Labute approximate surface area is 208 Å². The van der Waals surface area contributed by atoms with Crippen molar-refractivity contribution in [2.75, 3.05) is 31.5 Å². The van der Waals surface area contributed by atoms with Gasteiger partial charge in [-0.05, 0) is 93.0 Å². The Morgan fingerprint density at radius 1 is 1.06 bits per heavy atom. The maximum atomic E-state index is 13.2. The predicted molar refractivity (Wildman–Crippen MR) is 138 cm³/mol. The van der Waals surface area contributed by atoms with Gasteiger partial charge in [-0.15, -0.1) is 0 Å². The van der Waals surface area contributed by atoms with Crippen LogP contribution < -0.4 is 10.6 Å². The topological polar surface area (TPSA) is 61.4 Å². The number of halogens is 1. The van der Waals surface area contributed by atoms with Crippen molar-refractivity contribution in [3.63, 3.8) is 0 Å². The molecule has 1 saturated heterocycles. The molecule has 0 bridgehead atoms. The lowest BCUT2D eigenvalue weighted by molar-refractivity contribution is -0.126. The van der Waals surface area contributed by atoms with Crippen LogP contribution in [0.4, 0.5) is 5.69 Å². The maximum absolute atomic E-state index is 13.2. The van der Waals surface area contributed by atoms with Gasteiger partial charge in [0.25, 0.3) is 0 Å². The first kappa shape index (κ1) is 24.7. The number of nitrogens with zero attached hydrogens (tertiary/aromatic N) is 1. The third kappa shape index (κ3) is 6.00. The molecule has 182 valence electrons. The van der Waals surface area contributed by atoms with Gasteiger partial charge >= 0.3 is 0 Å². The molecule has 5 nitrogen and oxygen atoms in total. The molecule has 34 heavy (non-hydrogen) atoms. The second kappa shape index (κ2) is 11.4. The third-order valence-electron chi connectivity index (χ3n) is 7.49. The summed E-state index contributed by atoms with van der Waals surface area (Å²) in [5.41, 5.74) is 2.88. The number of carbonyl (C=O) groups is 2. The minimum Gasteiger partial charge on any atom is -0.355 e. The molecule has 0 aromatic heterocycles. The average Bonchev–Trinajstić information content (AvgIpc) is 3.34. The molecule has 2 fully saturated rings. The van der Waals surface area contributed by atoms with Gasteiger partial charge in [0, 0.05) is 24.2 Å². The van der Waals surface area contributed by atoms with Crippen molar-refractivity contribution in [2.24, 2.45) is 0 Å². The third-order valence-corrected chi connectivity index (χ3v) is 7.74. The van der Waals surface area contributed by atoms with Gasteiger partial charge in [0.2, 0.25) is 11.8 Å². The van der Waals surface area contributed by atoms with Crippen LogP contribution in [0.1, 0.15) is 68.9 Å². The molecule has 0 spiro atoms. The molecule has 2 aromatic carbocycles. The highest BCUT2D eigenvalue weighted by atomic mass is 35.5. The number of hydrogen-bond donors (Lipinski definition) is 2. The SMILES string of the molecule is CC(=O)Nc1cccc(C2CCN(CCCNC(=O)C3(c4ccc(Cl)cc4)CCCC3)CC2)c1. The minimum absolute atomic E-state index is 0.0360. The summed E-state index contributed by atoms with van der Waals surface area (Å²) in [6, 6.07) is 16.1. The molecule has 1 heterocycles. The Bertz CT molecular complexity index is 977. The maximum Gasteiger partial charge on any atom is 0.230 e. The van der Waals surface area contributed by atoms with Crippen LogP contribution in [0.5, 0.6) is 0 Å². The molecular weight excluding hydrogens is 446 g/mol. The summed E-state index contributed by atoms with van der Waals surface area (Å²) in [6.45, 7) is 5.40. The fourth-order valence-corrected chi connectivity index (χ4v) is 5.76. The van der Waals surface area contributed by atoms with Crippen LogP contribution in [0.15, 0.2) is 48.5 Å². The van der Waals surface area contributed by atoms with Crippen LogP contribution in [0.2, 0.25) is 5.02 Å². The van der Waals surface area contributed by atoms with E-state index in [-0.39, 0.29) is 11.8 Å². The van der Waals surface area contributed by atoms with Gasteiger partial charge in [-0.2, -0.15) is 0 Å². The minimum atomic E-state index is -0.394. The van der Waals surface area contributed by atoms with E-state index in [1.165, 1.54) is 5.56 Å². The molecule has 2 N–H and O–H groups in total. The van der Waals surface area contributed by atoms with Gasteiger partial charge in [-0.3, -0.25) is 9.59 Å². The van der Waals surface area contributed by atoms with E-state index in [0.29, 0.717) is 17.5 Å². The summed E-state index contributed by atoms with van der Waals surface area (Å²) < 4.78 is 0. The van der Waals surface area contributed by atoms with Crippen LogP contribution in [-0.4, -0.2) is 42.9 Å². The van der Waals surface area contributed by atoms with E-state index in [1.54, 1.807) is 6.92 Å². The Morgan fingerprint density at radius 3 is 2.44 bits per heavy atom. The number of hydrogen-bond acceptors (Lipinski definition) is 3. The highest BCUT2D eigenvalue weighted by Gasteiger charge is 2.42. The largest absolute Gasteiger partial charge is 0.355 e. The number of rotatable bonds is 8. The molecule has 0 unspecified atom stereocenters. The molecule has 1 saturated carbocycles. The van der Waals surface area contributed by atoms with Gasteiger partial charge < -0.3 is 15.5 Å². The summed E-state index contributed by atoms with van der Waals surface area (Å²) in [5.74, 6) is 0.669. The normalized spacial score (nSPS) is 18.5. The van der Waals surface area contributed by atoms with Crippen LogP contribution in [-0.2, 0) is 15.0 Å². The van der Waals surface area contributed by atoms with Crippen LogP contribution in [0.25, 0.3) is 0 Å². The predicted octanol–water partition coefficient (Wildman–Crippen LogP) is 5.50. The zero-order valence-electron chi connectivity index (χ0n) is 20.1. The van der Waals surface area contributed by atoms with Crippen molar-refractivity contribution < 1.29 is 9.59 Å². The number of amides is 2. The second-order valence-corrected chi connectivity index (χ2v) is 10.3. The van der Waals surface area contributed by atoms with Crippen LogP contribution in [0, 0.1) is 0 Å². The smallest absolute Gasteiger partial charge is 0.230 e. The van der Waals surface area contributed by atoms with Crippen molar-refractivity contribution in [1.82, 2.24) is 10.2 Å². The molecule has 2 aromatic rings. The molecule has 6 heteroatoms. The number of likely N-dealkylation sites (tertiary alicyclic amines) is 1. The number of anilines is 1. The Morgan fingerprint density at radius 2 is 1.76 bits per heavy atom. The Kier molecular flexibility index (Phi) is 8.28. The van der Waals surface area contributed by atoms with E-state index in [0.717, 1.165) is 75.8 Å². The van der Waals surface area contributed by atoms with Crippen LogP contribution in [0.3, 0.4) is 0 Å². The van der Waals surface area contributed by atoms with E-state index < -0.39 is 5.41 Å². The number of piperidine rings is 1. The highest BCUT2D eigenvalue weighted by Crippen LogP contribution is 2.41. The molecule has 0 atom stereocenters. The first-order chi connectivity index (χ1) is 16.5. The summed E-state index contributed by atoms with van der Waals surface area (Å²) in [6.07, 6.45) is 7.22. The highest BCUT2D eigenvalue weighted by molar-refractivity contribution is 6.30. The van der Waals surface area contributed by atoms with E-state index in [1.807, 2.05) is 36.4 Å². The van der Waals surface area contributed by atoms with E-state index in [2.05, 4.69) is 27.7 Å². The lowest BCUT2D eigenvalue weighted by atomic mass is 9.78. The molecule has 4 rings (SSSR count). The van der Waals surface area contributed by atoms with E-state index in [4.69, 9.17) is 11.6 Å². The molecule has 0 radical (unpaired) electrons. The first-order valence-electron chi connectivity index (χ1n) is 12.6. The quantitative estimate of drug-likeness (QED) is 0.489. The number of carbonyl (C=O) groups excluding carboxylic acids is 2. The zero-order valence-corrected chi connectivity index (χ0v) is 20.9. The molecule has 2 amide bonds. The molecule has 1 aliphatic heterocycles. The molecular formula is C28H36ClN3O2. The average molecular weight is 482 g/mol. The summed E-state index contributed by atoms with van der Waals surface area (Å²) in [5, 5.41) is 6.83. The van der Waals surface area contributed by atoms with Gasteiger partial charge in [0.15, 0.2) is 0 Å². The van der Waals surface area contributed by atoms with Crippen molar-refractivity contribution in [2.45, 2.75) is 63.2 Å². The van der Waals surface area contributed by atoms with Gasteiger partial charge in [-0.25, -0.2) is 0 Å². The summed E-state index contributed by atoms with van der Waals surface area (Å²) in [4.78, 5) is 27.1. The van der Waals surface area contributed by atoms with Gasteiger partial charge in [0.1, 0.15) is 0 Å². The van der Waals surface area contributed by atoms with Crippen molar-refractivity contribution in [3.05, 3.63) is 64.7 Å². The molecule has 2 aliphatic rings. The number of nitrogens with one attached hydrogen (secondary N) is 2. The Hall–Kier alpha value is -2.37. The molecule has 1 aliphatic carbocycles. The summed E-state index contributed by atoms with van der Waals surface area (Å²) >= 11 is 6.07. The summed E-state index contributed by atoms with van der Waals surface area (Å²) in [7, 11) is 0. The first-order valence-corrected chi connectivity index (χ1v) is 13.0. The van der Waals surface area contributed by atoms with Crippen LogP contribution >= 0.6 is 11.6 Å². The lowest BCUT2D eigenvalue weighted by Crippen LogP contribution is -2.43. The van der Waals surface area contributed by atoms with Crippen molar-refractivity contribution in [3.8, 4) is 0 Å². The van der Waals surface area contributed by atoms with Crippen molar-refractivity contribution >= 4 is 29.1 Å². The second-order valence-electron chi connectivity index (χ2n) is 9.83. The Balaban J connectivity index is 1.22. The lowest BCUT2D eigenvalue weighted by Gasteiger charge is -2.32. The number of benzene rings is 2. The zero-order chi connectivity index (χ0) is 24.0. The fourth-order valence-electron chi connectivity index (χ4n) is 5.63. The fraction of sp³-hybridized carbons (Fsp3) is 0.500. The van der Waals surface area contributed by atoms with Gasteiger partial charge in [-0.1, -0.05) is 48.7 Å². The van der Waals surface area contributed by atoms with E-state index >= 15 is 0 Å². The monoisotopic (exact) mass is 481 g/mol.